The number of hydrogen-bond acceptors (Lipinski definition) is 4. The van der Waals surface area contributed by atoms with Crippen LogP contribution in [0.4, 0.5) is 0 Å². The monoisotopic (exact) mass is 353 g/mol. The van der Waals surface area contributed by atoms with Crippen molar-refractivity contribution >= 4 is 0 Å². The lowest BCUT2D eigenvalue weighted by Crippen LogP contribution is -2.33. The highest BCUT2D eigenvalue weighted by atomic mass is 16.5. The third-order valence-corrected chi connectivity index (χ3v) is 6.91. The molecule has 2 fully saturated rings. The van der Waals surface area contributed by atoms with E-state index in [1.807, 2.05) is 12.1 Å². The second-order valence-corrected chi connectivity index (χ2v) is 8.73. The Morgan fingerprint density at radius 3 is 2.73 bits per heavy atom. The van der Waals surface area contributed by atoms with Gasteiger partial charge in [0.15, 0.2) is 0 Å². The molecule has 140 valence electrons. The maximum absolute atomic E-state index is 9.21. The molecule has 4 heteroatoms. The van der Waals surface area contributed by atoms with Gasteiger partial charge in [-0.1, -0.05) is 0 Å². The summed E-state index contributed by atoms with van der Waals surface area (Å²) in [5.41, 5.74) is 2.01. The van der Waals surface area contributed by atoms with Gasteiger partial charge in [-0.05, 0) is 76.9 Å². The van der Waals surface area contributed by atoms with E-state index in [0.29, 0.717) is 11.8 Å². The van der Waals surface area contributed by atoms with Crippen LogP contribution in [0.5, 0.6) is 5.75 Å². The van der Waals surface area contributed by atoms with E-state index in [-0.39, 0.29) is 0 Å². The Morgan fingerprint density at radius 2 is 2.00 bits per heavy atom. The first-order chi connectivity index (χ1) is 12.6. The van der Waals surface area contributed by atoms with Crippen LogP contribution >= 0.6 is 0 Å². The van der Waals surface area contributed by atoms with Gasteiger partial charge in [0, 0.05) is 36.5 Å². The zero-order chi connectivity index (χ0) is 18.1. The van der Waals surface area contributed by atoms with Crippen LogP contribution in [0.1, 0.15) is 49.1 Å². The Kier molecular flexibility index (Phi) is 5.20. The maximum atomic E-state index is 9.21. The summed E-state index contributed by atoms with van der Waals surface area (Å²) in [6.07, 6.45) is 6.84. The molecule has 0 N–H and O–H groups in total. The largest absolute Gasteiger partial charge is 0.493 e. The van der Waals surface area contributed by atoms with Gasteiger partial charge < -0.3 is 14.5 Å². The summed E-state index contributed by atoms with van der Waals surface area (Å²) in [7, 11) is 4.43. The Balaban J connectivity index is 1.32. The first-order valence-corrected chi connectivity index (χ1v) is 10.2. The summed E-state index contributed by atoms with van der Waals surface area (Å²) >= 11 is 0. The fourth-order valence-corrected chi connectivity index (χ4v) is 5.22. The van der Waals surface area contributed by atoms with Crippen molar-refractivity contribution in [2.24, 2.45) is 11.8 Å². The molecule has 0 spiro atoms. The van der Waals surface area contributed by atoms with E-state index in [2.05, 4.69) is 36.0 Å². The number of nitrogens with zero attached hydrogens (tertiary/aromatic N) is 3. The summed E-state index contributed by atoms with van der Waals surface area (Å²) in [5, 5.41) is 9.21. The lowest BCUT2D eigenvalue weighted by atomic mass is 9.83. The number of rotatable bonds is 4. The van der Waals surface area contributed by atoms with E-state index in [1.165, 1.54) is 44.2 Å². The molecular formula is C22H31N3O. The third-order valence-electron chi connectivity index (χ3n) is 6.91. The zero-order valence-corrected chi connectivity index (χ0v) is 16.2. The van der Waals surface area contributed by atoms with E-state index in [0.717, 1.165) is 43.0 Å². The minimum atomic E-state index is 0.538. The second-order valence-electron chi connectivity index (χ2n) is 8.73. The number of hydrogen-bond donors (Lipinski definition) is 0. The van der Waals surface area contributed by atoms with Gasteiger partial charge in [-0.2, -0.15) is 5.26 Å². The molecule has 3 aliphatic rings. The average molecular weight is 354 g/mol. The number of likely N-dealkylation sites (tertiary alicyclic amines) is 1. The molecule has 1 saturated heterocycles. The van der Waals surface area contributed by atoms with Crippen LogP contribution in [0.25, 0.3) is 0 Å². The maximum Gasteiger partial charge on any atom is 0.122 e. The molecule has 2 atom stereocenters. The summed E-state index contributed by atoms with van der Waals surface area (Å²) in [6.45, 7) is 4.32. The van der Waals surface area contributed by atoms with Crippen LogP contribution in [0.2, 0.25) is 0 Å². The number of nitriles is 1. The van der Waals surface area contributed by atoms with Crippen molar-refractivity contribution < 1.29 is 4.74 Å². The summed E-state index contributed by atoms with van der Waals surface area (Å²) in [6, 6.07) is 8.98. The van der Waals surface area contributed by atoms with Crippen molar-refractivity contribution in [1.82, 2.24) is 9.80 Å². The van der Waals surface area contributed by atoms with Crippen LogP contribution in [0.3, 0.4) is 0 Å². The smallest absolute Gasteiger partial charge is 0.122 e. The van der Waals surface area contributed by atoms with Crippen LogP contribution in [0.15, 0.2) is 18.2 Å². The topological polar surface area (TPSA) is 39.5 Å². The van der Waals surface area contributed by atoms with Crippen LogP contribution in [-0.2, 0) is 0 Å². The summed E-state index contributed by atoms with van der Waals surface area (Å²) in [5.74, 6) is 3.02. The molecule has 0 radical (unpaired) electrons. The molecule has 0 bridgehead atoms. The van der Waals surface area contributed by atoms with Gasteiger partial charge >= 0.3 is 0 Å². The van der Waals surface area contributed by atoms with Crippen LogP contribution < -0.4 is 4.74 Å². The molecule has 26 heavy (non-hydrogen) atoms. The quantitative estimate of drug-likeness (QED) is 0.831. The number of ether oxygens (including phenoxy) is 1. The molecule has 4 rings (SSSR count). The lowest BCUT2D eigenvalue weighted by Gasteiger charge is -2.33. The predicted octanol–water partition coefficient (Wildman–Crippen LogP) is 3.48. The van der Waals surface area contributed by atoms with Crippen molar-refractivity contribution in [2.75, 3.05) is 40.3 Å². The normalized spacial score (nSPS) is 31.2. The predicted molar refractivity (Wildman–Crippen MR) is 103 cm³/mol. The molecular weight excluding hydrogens is 322 g/mol. The van der Waals surface area contributed by atoms with Crippen molar-refractivity contribution in [3.8, 4) is 11.8 Å². The first kappa shape index (κ1) is 17.8. The molecule has 1 aliphatic carbocycles. The molecule has 0 unspecified atom stereocenters. The highest BCUT2D eigenvalue weighted by molar-refractivity contribution is 5.46. The fraction of sp³-hybridized carbons (Fsp3) is 0.682. The average Bonchev–Trinajstić information content (AvgIpc) is 3.10. The number of fused-ring (bicyclic) bond motifs is 3. The second kappa shape index (κ2) is 7.58. The summed E-state index contributed by atoms with van der Waals surface area (Å²) < 4.78 is 5.97. The minimum absolute atomic E-state index is 0.538. The van der Waals surface area contributed by atoms with Gasteiger partial charge in [0.1, 0.15) is 5.75 Å². The molecule has 1 saturated carbocycles. The fourth-order valence-electron chi connectivity index (χ4n) is 5.22. The highest BCUT2D eigenvalue weighted by Crippen LogP contribution is 2.42. The van der Waals surface area contributed by atoms with E-state index < -0.39 is 0 Å². The van der Waals surface area contributed by atoms with Gasteiger partial charge in [0.05, 0.1) is 18.2 Å². The van der Waals surface area contributed by atoms with E-state index in [9.17, 15) is 5.26 Å². The van der Waals surface area contributed by atoms with Crippen LogP contribution in [0, 0.1) is 23.2 Å². The van der Waals surface area contributed by atoms with Gasteiger partial charge in [-0.3, -0.25) is 0 Å². The molecule has 1 aromatic carbocycles. The van der Waals surface area contributed by atoms with Gasteiger partial charge in [-0.15, -0.1) is 0 Å². The van der Waals surface area contributed by atoms with Crippen molar-refractivity contribution in [2.45, 2.75) is 44.1 Å². The minimum Gasteiger partial charge on any atom is -0.493 e. The van der Waals surface area contributed by atoms with E-state index in [4.69, 9.17) is 4.74 Å². The number of benzene rings is 1. The van der Waals surface area contributed by atoms with Crippen molar-refractivity contribution in [3.63, 3.8) is 0 Å². The molecule has 2 aliphatic heterocycles. The Morgan fingerprint density at radius 1 is 1.19 bits per heavy atom. The standard InChI is InChI=1S/C22H31N3O/c1-24(2)19-6-3-16(4-7-19)9-10-25-13-18-15-26-22-8-5-17(12-23)11-20(22)21(18)14-25/h5,8,11,16,18-19,21H,3-4,6-7,9-10,13-15H2,1-2H3/t16?,18-,19?,21+/m0/s1. The van der Waals surface area contributed by atoms with Gasteiger partial charge in [0.25, 0.3) is 0 Å². The molecule has 4 nitrogen and oxygen atoms in total. The van der Waals surface area contributed by atoms with Crippen molar-refractivity contribution in [3.05, 3.63) is 29.3 Å². The molecule has 0 aromatic heterocycles. The molecule has 2 heterocycles. The first-order valence-electron chi connectivity index (χ1n) is 10.2. The molecule has 1 aromatic rings. The third kappa shape index (κ3) is 3.61. The zero-order valence-electron chi connectivity index (χ0n) is 16.2. The van der Waals surface area contributed by atoms with Crippen molar-refractivity contribution in [1.29, 1.82) is 5.26 Å². The van der Waals surface area contributed by atoms with Crippen LogP contribution in [-0.4, -0.2) is 56.2 Å². The van der Waals surface area contributed by atoms with Gasteiger partial charge in [0.2, 0.25) is 0 Å². The summed E-state index contributed by atoms with van der Waals surface area (Å²) in [4.78, 5) is 5.04. The van der Waals surface area contributed by atoms with Gasteiger partial charge in [-0.25, -0.2) is 0 Å². The molecule has 0 amide bonds. The Hall–Kier alpha value is -1.57. The Bertz CT molecular complexity index is 672. The SMILES string of the molecule is CN(C)C1CCC(CCN2C[C@H]3COc4ccc(C#N)cc4[C@@H]3C2)CC1. The van der Waals surface area contributed by atoms with E-state index in [1.54, 1.807) is 0 Å². The van der Waals surface area contributed by atoms with E-state index >= 15 is 0 Å². The Labute approximate surface area is 157 Å². The highest BCUT2D eigenvalue weighted by Gasteiger charge is 2.38. The lowest BCUT2D eigenvalue weighted by molar-refractivity contribution is 0.176.